The topological polar surface area (TPSA) is 68.3 Å². The molecule has 0 saturated carbocycles. The van der Waals surface area contributed by atoms with Crippen LogP contribution in [0.4, 0.5) is 0 Å². The third-order valence-electron chi connectivity index (χ3n) is 4.27. The summed E-state index contributed by atoms with van der Waals surface area (Å²) in [5, 5.41) is 4.79. The molecule has 0 unspecified atom stereocenters. The van der Waals surface area contributed by atoms with Gasteiger partial charge in [-0.2, -0.15) is 5.10 Å². The van der Waals surface area contributed by atoms with Crippen molar-refractivity contribution in [3.05, 3.63) is 94.6 Å². The molecule has 2 aromatic carbocycles. The monoisotopic (exact) mass is 359 g/mol. The van der Waals surface area contributed by atoms with Gasteiger partial charge in [-0.25, -0.2) is 4.68 Å². The van der Waals surface area contributed by atoms with Gasteiger partial charge in [0.15, 0.2) is 11.2 Å². The molecular weight excluding hydrogens is 342 g/mol. The van der Waals surface area contributed by atoms with Crippen LogP contribution in [-0.4, -0.2) is 27.6 Å². The third-order valence-corrected chi connectivity index (χ3v) is 4.27. The molecular formula is C21H17N3O3. The van der Waals surface area contributed by atoms with Crippen molar-refractivity contribution in [1.82, 2.24) is 14.7 Å². The largest absolute Gasteiger partial charge is 0.451 e. The summed E-state index contributed by atoms with van der Waals surface area (Å²) in [5.41, 5.74) is 1.99. The summed E-state index contributed by atoms with van der Waals surface area (Å²) >= 11 is 0. The van der Waals surface area contributed by atoms with Crippen LogP contribution in [0.2, 0.25) is 0 Å². The molecule has 0 aliphatic heterocycles. The van der Waals surface area contributed by atoms with Gasteiger partial charge < -0.3 is 9.32 Å². The van der Waals surface area contributed by atoms with Gasteiger partial charge in [0.2, 0.25) is 0 Å². The highest BCUT2D eigenvalue weighted by molar-refractivity contribution is 5.93. The molecule has 4 rings (SSSR count). The number of hydrogen-bond donors (Lipinski definition) is 0. The van der Waals surface area contributed by atoms with Crippen LogP contribution in [0, 0.1) is 0 Å². The zero-order valence-electron chi connectivity index (χ0n) is 14.7. The maximum absolute atomic E-state index is 12.7. The Morgan fingerprint density at radius 1 is 1.11 bits per heavy atom. The van der Waals surface area contributed by atoms with E-state index in [1.807, 2.05) is 36.5 Å². The Morgan fingerprint density at radius 2 is 1.85 bits per heavy atom. The maximum atomic E-state index is 12.7. The van der Waals surface area contributed by atoms with Crippen LogP contribution in [0.15, 0.2) is 82.3 Å². The summed E-state index contributed by atoms with van der Waals surface area (Å²) in [6.45, 7) is 0.349. The molecule has 4 aromatic rings. The molecule has 2 heterocycles. The second kappa shape index (κ2) is 6.92. The lowest BCUT2D eigenvalue weighted by molar-refractivity contribution is 0.0754. The van der Waals surface area contributed by atoms with Crippen molar-refractivity contribution < 1.29 is 9.21 Å². The molecule has 0 radical (unpaired) electrons. The van der Waals surface area contributed by atoms with Crippen LogP contribution >= 0.6 is 0 Å². The third kappa shape index (κ3) is 3.37. The summed E-state index contributed by atoms with van der Waals surface area (Å²) in [5.74, 6) is -0.332. The van der Waals surface area contributed by atoms with Gasteiger partial charge in [-0.1, -0.05) is 30.3 Å². The van der Waals surface area contributed by atoms with E-state index in [-0.39, 0.29) is 17.1 Å². The fourth-order valence-electron chi connectivity index (χ4n) is 2.91. The molecule has 134 valence electrons. The zero-order valence-corrected chi connectivity index (χ0v) is 14.7. The van der Waals surface area contributed by atoms with Gasteiger partial charge in [-0.3, -0.25) is 9.59 Å². The summed E-state index contributed by atoms with van der Waals surface area (Å²) in [6.07, 6.45) is 3.59. The van der Waals surface area contributed by atoms with Crippen molar-refractivity contribution in [2.24, 2.45) is 0 Å². The number of hydrogen-bond acceptors (Lipinski definition) is 4. The SMILES string of the molecule is CN(Cc1cnn(-c2ccccc2)c1)C(=O)c1cc(=O)c2ccccc2o1. The molecule has 0 fully saturated rings. The molecule has 2 aromatic heterocycles. The van der Waals surface area contributed by atoms with Crippen molar-refractivity contribution >= 4 is 16.9 Å². The first-order valence-corrected chi connectivity index (χ1v) is 8.49. The lowest BCUT2D eigenvalue weighted by atomic mass is 10.2. The molecule has 1 amide bonds. The summed E-state index contributed by atoms with van der Waals surface area (Å²) in [7, 11) is 1.66. The Hall–Kier alpha value is -3.67. The van der Waals surface area contributed by atoms with Gasteiger partial charge >= 0.3 is 0 Å². The quantitative estimate of drug-likeness (QED) is 0.561. The second-order valence-electron chi connectivity index (χ2n) is 6.26. The number of rotatable bonds is 4. The van der Waals surface area contributed by atoms with Crippen LogP contribution in [0.1, 0.15) is 16.1 Å². The fraction of sp³-hybridized carbons (Fsp3) is 0.0952. The first-order valence-electron chi connectivity index (χ1n) is 8.49. The Labute approximate surface area is 155 Å². The highest BCUT2D eigenvalue weighted by Crippen LogP contribution is 2.15. The average molecular weight is 359 g/mol. The lowest BCUT2D eigenvalue weighted by Crippen LogP contribution is -2.26. The van der Waals surface area contributed by atoms with E-state index in [0.717, 1.165) is 11.3 Å². The van der Waals surface area contributed by atoms with Crippen molar-refractivity contribution in [3.63, 3.8) is 0 Å². The number of nitrogens with zero attached hydrogens (tertiary/aromatic N) is 3. The molecule has 6 nitrogen and oxygen atoms in total. The van der Waals surface area contributed by atoms with Crippen LogP contribution in [0.3, 0.4) is 0 Å². The minimum atomic E-state index is -0.356. The Kier molecular flexibility index (Phi) is 4.30. The van der Waals surface area contributed by atoms with E-state index < -0.39 is 0 Å². The molecule has 0 aliphatic carbocycles. The highest BCUT2D eigenvalue weighted by Gasteiger charge is 2.17. The predicted octanol–water partition coefficient (Wildman–Crippen LogP) is 3.25. The standard InChI is InChI=1S/C21H17N3O3/c1-23(13-15-12-22-24(14-15)16-7-3-2-4-8-16)21(26)20-11-18(25)17-9-5-6-10-19(17)27-20/h2-12,14H,13H2,1H3. The van der Waals surface area contributed by atoms with Crippen molar-refractivity contribution in [3.8, 4) is 5.69 Å². The van der Waals surface area contributed by atoms with Gasteiger partial charge in [0.1, 0.15) is 5.58 Å². The first-order chi connectivity index (χ1) is 13.1. The summed E-state index contributed by atoms with van der Waals surface area (Å²) in [6, 6.07) is 17.9. The summed E-state index contributed by atoms with van der Waals surface area (Å²) < 4.78 is 7.38. The van der Waals surface area contributed by atoms with Gasteiger partial charge in [-0.05, 0) is 24.3 Å². The van der Waals surface area contributed by atoms with Crippen LogP contribution in [-0.2, 0) is 6.54 Å². The molecule has 0 bridgehead atoms. The van der Waals surface area contributed by atoms with E-state index in [4.69, 9.17) is 4.42 Å². The lowest BCUT2D eigenvalue weighted by Gasteiger charge is -2.15. The van der Waals surface area contributed by atoms with Crippen LogP contribution in [0.25, 0.3) is 16.7 Å². The van der Waals surface area contributed by atoms with Gasteiger partial charge in [0.05, 0.1) is 17.3 Å². The van der Waals surface area contributed by atoms with Crippen molar-refractivity contribution in [1.29, 1.82) is 0 Å². The second-order valence-corrected chi connectivity index (χ2v) is 6.26. The summed E-state index contributed by atoms with van der Waals surface area (Å²) in [4.78, 5) is 26.4. The minimum absolute atomic E-state index is 0.0247. The number of fused-ring (bicyclic) bond motifs is 1. The first kappa shape index (κ1) is 16.8. The normalized spacial score (nSPS) is 10.9. The van der Waals surface area contributed by atoms with Crippen LogP contribution in [0.5, 0.6) is 0 Å². The molecule has 0 N–H and O–H groups in total. The van der Waals surface area contributed by atoms with Gasteiger partial charge in [0, 0.05) is 31.4 Å². The Bertz CT molecular complexity index is 1160. The minimum Gasteiger partial charge on any atom is -0.451 e. The van der Waals surface area contributed by atoms with Crippen molar-refractivity contribution in [2.45, 2.75) is 6.54 Å². The Morgan fingerprint density at radius 3 is 2.67 bits per heavy atom. The molecule has 27 heavy (non-hydrogen) atoms. The number of aromatic nitrogens is 2. The maximum Gasteiger partial charge on any atom is 0.289 e. The number of carbonyl (C=O) groups is 1. The highest BCUT2D eigenvalue weighted by atomic mass is 16.3. The number of carbonyl (C=O) groups excluding carboxylic acids is 1. The molecule has 0 spiro atoms. The van der Waals surface area contributed by atoms with E-state index in [9.17, 15) is 9.59 Å². The van der Waals surface area contributed by atoms with Gasteiger partial charge in [0.25, 0.3) is 5.91 Å². The van der Waals surface area contributed by atoms with E-state index in [0.29, 0.717) is 17.5 Å². The molecule has 0 aliphatic rings. The van der Waals surface area contributed by atoms with E-state index in [1.54, 1.807) is 42.2 Å². The van der Waals surface area contributed by atoms with E-state index in [1.165, 1.54) is 11.0 Å². The predicted molar refractivity (Wildman–Crippen MR) is 102 cm³/mol. The number of benzene rings is 2. The Balaban J connectivity index is 1.55. The van der Waals surface area contributed by atoms with Gasteiger partial charge in [-0.15, -0.1) is 0 Å². The average Bonchev–Trinajstić information content (AvgIpc) is 3.16. The molecule has 6 heteroatoms. The van der Waals surface area contributed by atoms with Crippen molar-refractivity contribution in [2.75, 3.05) is 7.05 Å². The number of amides is 1. The number of para-hydroxylation sites is 2. The smallest absolute Gasteiger partial charge is 0.289 e. The zero-order chi connectivity index (χ0) is 18.8. The van der Waals surface area contributed by atoms with E-state index >= 15 is 0 Å². The van der Waals surface area contributed by atoms with Crippen LogP contribution < -0.4 is 5.43 Å². The van der Waals surface area contributed by atoms with E-state index in [2.05, 4.69) is 5.10 Å². The molecule has 0 saturated heterocycles. The molecule has 0 atom stereocenters. The fourth-order valence-corrected chi connectivity index (χ4v) is 2.91.